The van der Waals surface area contributed by atoms with E-state index in [0.29, 0.717) is 0 Å². The first-order valence-corrected chi connectivity index (χ1v) is 11.2. The Bertz CT molecular complexity index is 1570. The summed E-state index contributed by atoms with van der Waals surface area (Å²) in [5, 5.41) is 2.42. The molecule has 5 aromatic carbocycles. The molecule has 1 heterocycles. The van der Waals surface area contributed by atoms with Crippen LogP contribution >= 0.6 is 0 Å². The molecule has 152 valence electrons. The number of hydrogen-bond acceptors (Lipinski definition) is 1. The lowest BCUT2D eigenvalue weighted by atomic mass is 9.81. The maximum Gasteiger partial charge on any atom is 0.135 e. The molecular weight excluding hydrogens is 388 g/mol. The molecule has 0 unspecified atom stereocenters. The predicted molar refractivity (Wildman–Crippen MR) is 132 cm³/mol. The Kier molecular flexibility index (Phi) is 3.40. The highest BCUT2D eigenvalue weighted by atomic mass is 16.5. The molecule has 1 nitrogen and oxygen atoms in total. The summed E-state index contributed by atoms with van der Waals surface area (Å²) < 4.78 is 6.29. The summed E-state index contributed by atoms with van der Waals surface area (Å²) in [6.07, 6.45) is 0. The number of ether oxygens (including phenoxy) is 1. The Balaban J connectivity index is 1.40. The van der Waals surface area contributed by atoms with Crippen molar-refractivity contribution in [3.63, 3.8) is 0 Å². The van der Waals surface area contributed by atoms with E-state index >= 15 is 0 Å². The van der Waals surface area contributed by atoms with Crippen LogP contribution in [0.25, 0.3) is 44.2 Å². The quantitative estimate of drug-likeness (QED) is 0.264. The lowest BCUT2D eigenvalue weighted by Crippen LogP contribution is -2.14. The first kappa shape index (κ1) is 17.8. The van der Waals surface area contributed by atoms with E-state index in [2.05, 4.69) is 111 Å². The van der Waals surface area contributed by atoms with Crippen LogP contribution < -0.4 is 4.74 Å². The van der Waals surface area contributed by atoms with E-state index in [9.17, 15) is 0 Å². The first-order valence-electron chi connectivity index (χ1n) is 11.2. The lowest BCUT2D eigenvalue weighted by Gasteiger charge is -2.23. The van der Waals surface area contributed by atoms with Crippen molar-refractivity contribution >= 4 is 10.8 Å². The van der Waals surface area contributed by atoms with Crippen molar-refractivity contribution in [2.75, 3.05) is 0 Å². The SMILES string of the molecule is CC1(C)c2ccccc2-c2ccc(-c3ccc4c(c3)-c3cccc5cccc(c35)O4)cc21. The minimum absolute atomic E-state index is 0.00376. The van der Waals surface area contributed by atoms with Gasteiger partial charge in [0.1, 0.15) is 11.5 Å². The average Bonchev–Trinajstić information content (AvgIpc) is 3.06. The zero-order valence-electron chi connectivity index (χ0n) is 18.1. The molecule has 0 radical (unpaired) electrons. The second-order valence-electron chi connectivity index (χ2n) is 9.40. The van der Waals surface area contributed by atoms with Gasteiger partial charge in [-0.25, -0.2) is 0 Å². The molecule has 0 fully saturated rings. The Labute approximate surface area is 187 Å². The number of fused-ring (bicyclic) bond motifs is 5. The predicted octanol–water partition coefficient (Wildman–Crippen LogP) is 8.59. The van der Waals surface area contributed by atoms with E-state index < -0.39 is 0 Å². The van der Waals surface area contributed by atoms with Crippen molar-refractivity contribution < 1.29 is 4.74 Å². The van der Waals surface area contributed by atoms with Gasteiger partial charge in [-0.2, -0.15) is 0 Å². The molecule has 2 aliphatic rings. The zero-order valence-corrected chi connectivity index (χ0v) is 18.1. The maximum absolute atomic E-state index is 6.29. The van der Waals surface area contributed by atoms with Gasteiger partial charge in [0.2, 0.25) is 0 Å². The van der Waals surface area contributed by atoms with Gasteiger partial charge in [-0.05, 0) is 68.6 Å². The first-order chi connectivity index (χ1) is 15.6. The highest BCUT2D eigenvalue weighted by Gasteiger charge is 2.35. The fourth-order valence-corrected chi connectivity index (χ4v) is 5.63. The molecule has 1 heteroatoms. The monoisotopic (exact) mass is 410 g/mol. The summed E-state index contributed by atoms with van der Waals surface area (Å²) in [6, 6.07) is 35.1. The Morgan fingerprint density at radius 2 is 1.25 bits per heavy atom. The van der Waals surface area contributed by atoms with E-state index in [1.807, 2.05) is 0 Å². The van der Waals surface area contributed by atoms with Crippen molar-refractivity contribution in [3.05, 3.63) is 108 Å². The molecule has 1 aliphatic heterocycles. The van der Waals surface area contributed by atoms with Gasteiger partial charge in [0, 0.05) is 16.4 Å². The minimum atomic E-state index is 0.00376. The van der Waals surface area contributed by atoms with Gasteiger partial charge in [0.25, 0.3) is 0 Å². The smallest absolute Gasteiger partial charge is 0.135 e. The molecule has 7 rings (SSSR count). The van der Waals surface area contributed by atoms with Crippen LogP contribution in [0.2, 0.25) is 0 Å². The van der Waals surface area contributed by atoms with Crippen LogP contribution in [0.1, 0.15) is 25.0 Å². The zero-order chi connectivity index (χ0) is 21.4. The molecule has 0 atom stereocenters. The second kappa shape index (κ2) is 6.11. The second-order valence-corrected chi connectivity index (χ2v) is 9.40. The highest BCUT2D eigenvalue weighted by molar-refractivity contribution is 6.04. The largest absolute Gasteiger partial charge is 0.456 e. The molecule has 0 amide bonds. The molecule has 0 saturated carbocycles. The van der Waals surface area contributed by atoms with Crippen LogP contribution in [0.15, 0.2) is 97.1 Å². The molecule has 0 saturated heterocycles. The molecule has 32 heavy (non-hydrogen) atoms. The molecular formula is C31H22O. The summed E-state index contributed by atoms with van der Waals surface area (Å²) in [6.45, 7) is 4.67. The normalized spacial score (nSPS) is 14.4. The molecule has 0 spiro atoms. The summed E-state index contributed by atoms with van der Waals surface area (Å²) in [5.74, 6) is 1.87. The molecule has 0 aromatic heterocycles. The summed E-state index contributed by atoms with van der Waals surface area (Å²) >= 11 is 0. The van der Waals surface area contributed by atoms with Gasteiger partial charge >= 0.3 is 0 Å². The van der Waals surface area contributed by atoms with Crippen molar-refractivity contribution in [3.8, 4) is 44.9 Å². The summed E-state index contributed by atoms with van der Waals surface area (Å²) in [7, 11) is 0. The molecule has 0 N–H and O–H groups in total. The van der Waals surface area contributed by atoms with Gasteiger partial charge in [-0.15, -0.1) is 0 Å². The third-order valence-electron chi connectivity index (χ3n) is 7.27. The fraction of sp³-hybridized carbons (Fsp3) is 0.0968. The Hall–Kier alpha value is -3.84. The van der Waals surface area contributed by atoms with Crippen LogP contribution in [0.5, 0.6) is 11.5 Å². The van der Waals surface area contributed by atoms with Crippen molar-refractivity contribution in [1.29, 1.82) is 0 Å². The van der Waals surface area contributed by atoms with E-state index in [0.717, 1.165) is 17.1 Å². The topological polar surface area (TPSA) is 9.23 Å². The molecule has 0 bridgehead atoms. The minimum Gasteiger partial charge on any atom is -0.456 e. The highest BCUT2D eigenvalue weighted by Crippen LogP contribution is 2.51. The number of rotatable bonds is 1. The van der Waals surface area contributed by atoms with Crippen LogP contribution in [0.3, 0.4) is 0 Å². The van der Waals surface area contributed by atoms with Crippen LogP contribution in [0, 0.1) is 0 Å². The molecule has 5 aromatic rings. The van der Waals surface area contributed by atoms with Gasteiger partial charge in [0.05, 0.1) is 0 Å². The molecule has 1 aliphatic carbocycles. The van der Waals surface area contributed by atoms with Crippen molar-refractivity contribution in [1.82, 2.24) is 0 Å². The summed E-state index contributed by atoms with van der Waals surface area (Å²) in [5.41, 5.74) is 10.4. The lowest BCUT2D eigenvalue weighted by molar-refractivity contribution is 0.487. The van der Waals surface area contributed by atoms with Gasteiger partial charge in [0.15, 0.2) is 0 Å². The third kappa shape index (κ3) is 2.28. The van der Waals surface area contributed by atoms with E-state index in [1.54, 1.807) is 0 Å². The van der Waals surface area contributed by atoms with Crippen molar-refractivity contribution in [2.24, 2.45) is 0 Å². The maximum atomic E-state index is 6.29. The van der Waals surface area contributed by atoms with Crippen LogP contribution in [-0.2, 0) is 5.41 Å². The van der Waals surface area contributed by atoms with Gasteiger partial charge < -0.3 is 4.74 Å². The number of hydrogen-bond donors (Lipinski definition) is 0. The van der Waals surface area contributed by atoms with Crippen LogP contribution in [-0.4, -0.2) is 0 Å². The Morgan fingerprint density at radius 3 is 2.16 bits per heavy atom. The average molecular weight is 411 g/mol. The standard InChI is InChI=1S/C31H22O/c1-31(2)26-11-4-3-9-22(26)23-15-13-21(18-27(23)31)20-14-16-28-25(17-20)24-10-5-7-19-8-6-12-29(32-28)30(19)24/h3-18H,1-2H3. The van der Waals surface area contributed by atoms with E-state index in [-0.39, 0.29) is 5.41 Å². The van der Waals surface area contributed by atoms with Crippen LogP contribution in [0.4, 0.5) is 0 Å². The Morgan fingerprint density at radius 1 is 0.531 bits per heavy atom. The third-order valence-corrected chi connectivity index (χ3v) is 7.27. The van der Waals surface area contributed by atoms with E-state index in [1.165, 1.54) is 49.7 Å². The summed E-state index contributed by atoms with van der Waals surface area (Å²) in [4.78, 5) is 0. The van der Waals surface area contributed by atoms with E-state index in [4.69, 9.17) is 4.74 Å². The number of benzene rings is 5. The fourth-order valence-electron chi connectivity index (χ4n) is 5.63. The van der Waals surface area contributed by atoms with Crippen molar-refractivity contribution in [2.45, 2.75) is 19.3 Å². The van der Waals surface area contributed by atoms with Gasteiger partial charge in [-0.1, -0.05) is 86.6 Å². The van der Waals surface area contributed by atoms with Gasteiger partial charge in [-0.3, -0.25) is 0 Å².